The first-order valence-electron chi connectivity index (χ1n) is 8.79. The van der Waals surface area contributed by atoms with Gasteiger partial charge in [0.05, 0.1) is 6.54 Å². The largest absolute Gasteiger partial charge is 0.338 e. The highest BCUT2D eigenvalue weighted by atomic mass is 79.9. The van der Waals surface area contributed by atoms with E-state index in [1.54, 1.807) is 24.3 Å². The standard InChI is InChI=1S/C18H12BrClN6O4S2/c19-12-3-1-2-11(8-12)15-22-14(30-26-15)9-21-32(28,29)18-25-24-17(31-18)23-16(27)10-4-6-13(20)7-5-10/h1-8,21H,9H2,(H,23,24,27). The van der Waals surface area contributed by atoms with Crippen LogP contribution in [0.5, 0.6) is 0 Å². The Kier molecular flexibility index (Phi) is 6.62. The molecule has 2 N–H and O–H groups in total. The van der Waals surface area contributed by atoms with Crippen LogP contribution in [-0.4, -0.2) is 34.7 Å². The normalized spacial score (nSPS) is 11.4. The van der Waals surface area contributed by atoms with Gasteiger partial charge in [0.1, 0.15) is 0 Å². The molecule has 14 heteroatoms. The number of amides is 1. The minimum absolute atomic E-state index is 0.0278. The molecule has 4 aromatic rings. The van der Waals surface area contributed by atoms with Crippen molar-refractivity contribution in [2.45, 2.75) is 10.9 Å². The lowest BCUT2D eigenvalue weighted by Gasteiger charge is -2.01. The number of carbonyl (C=O) groups excluding carboxylic acids is 1. The van der Waals surface area contributed by atoms with E-state index in [0.717, 1.165) is 4.47 Å². The summed E-state index contributed by atoms with van der Waals surface area (Å²) in [5, 5.41) is 14.2. The summed E-state index contributed by atoms with van der Waals surface area (Å²) in [5.74, 6) is -0.0754. The Morgan fingerprint density at radius 3 is 2.69 bits per heavy atom. The third-order valence-electron chi connectivity index (χ3n) is 3.93. The van der Waals surface area contributed by atoms with Crippen LogP contribution in [0.25, 0.3) is 11.4 Å². The van der Waals surface area contributed by atoms with Gasteiger partial charge in [-0.3, -0.25) is 10.1 Å². The number of anilines is 1. The van der Waals surface area contributed by atoms with E-state index < -0.39 is 15.9 Å². The second-order valence-electron chi connectivity index (χ2n) is 6.18. The highest BCUT2D eigenvalue weighted by molar-refractivity contribution is 9.10. The Morgan fingerprint density at radius 2 is 1.94 bits per heavy atom. The first kappa shape index (κ1) is 22.5. The lowest BCUT2D eigenvalue weighted by Crippen LogP contribution is -2.23. The molecule has 2 heterocycles. The number of hydrogen-bond acceptors (Lipinski definition) is 9. The van der Waals surface area contributed by atoms with Crippen LogP contribution in [0.2, 0.25) is 5.02 Å². The van der Waals surface area contributed by atoms with Crippen molar-refractivity contribution < 1.29 is 17.7 Å². The van der Waals surface area contributed by atoms with Crippen LogP contribution in [0.3, 0.4) is 0 Å². The van der Waals surface area contributed by atoms with E-state index in [1.807, 2.05) is 12.1 Å². The number of nitrogens with one attached hydrogen (secondary N) is 2. The van der Waals surface area contributed by atoms with Crippen LogP contribution in [-0.2, 0) is 16.6 Å². The Hall–Kier alpha value is -2.71. The van der Waals surface area contributed by atoms with Gasteiger partial charge in [-0.05, 0) is 36.4 Å². The molecule has 0 saturated carbocycles. The fourth-order valence-electron chi connectivity index (χ4n) is 2.43. The topological polar surface area (TPSA) is 140 Å². The molecule has 0 spiro atoms. The molecule has 0 unspecified atom stereocenters. The van der Waals surface area contributed by atoms with E-state index in [4.69, 9.17) is 16.1 Å². The number of nitrogens with zero attached hydrogens (tertiary/aromatic N) is 4. The molecule has 0 fully saturated rings. The van der Waals surface area contributed by atoms with Crippen LogP contribution < -0.4 is 10.0 Å². The molecule has 1 amide bonds. The van der Waals surface area contributed by atoms with Crippen LogP contribution in [0.15, 0.2) is 61.9 Å². The minimum atomic E-state index is -4.01. The monoisotopic (exact) mass is 554 g/mol. The highest BCUT2D eigenvalue weighted by Gasteiger charge is 2.22. The van der Waals surface area contributed by atoms with Crippen molar-refractivity contribution in [1.82, 2.24) is 25.1 Å². The molecule has 10 nitrogen and oxygen atoms in total. The maximum absolute atomic E-state index is 12.5. The molecule has 164 valence electrons. The van der Waals surface area contributed by atoms with E-state index in [-0.39, 0.29) is 21.9 Å². The molecule has 0 bridgehead atoms. The van der Waals surface area contributed by atoms with Gasteiger partial charge < -0.3 is 4.52 Å². The molecule has 0 radical (unpaired) electrons. The molecule has 4 rings (SSSR count). The van der Waals surface area contributed by atoms with Gasteiger partial charge in [0.25, 0.3) is 15.9 Å². The number of sulfonamides is 1. The summed E-state index contributed by atoms with van der Waals surface area (Å²) >= 11 is 9.86. The number of rotatable bonds is 7. The van der Waals surface area contributed by atoms with Gasteiger partial charge in [-0.15, -0.1) is 10.2 Å². The quantitative estimate of drug-likeness (QED) is 0.329. The summed E-state index contributed by atoms with van der Waals surface area (Å²) in [6.45, 7) is -0.241. The van der Waals surface area contributed by atoms with Crippen molar-refractivity contribution in [3.8, 4) is 11.4 Å². The molecule has 0 atom stereocenters. The van der Waals surface area contributed by atoms with Crippen molar-refractivity contribution in [3.63, 3.8) is 0 Å². The fourth-order valence-corrected chi connectivity index (χ4v) is 4.86. The van der Waals surface area contributed by atoms with Crippen molar-refractivity contribution >= 4 is 59.9 Å². The van der Waals surface area contributed by atoms with E-state index in [0.29, 0.717) is 33.3 Å². The first-order chi connectivity index (χ1) is 15.3. The molecule has 0 aliphatic rings. The predicted octanol–water partition coefficient (Wildman–Crippen LogP) is 3.73. The molecule has 2 aromatic heterocycles. The van der Waals surface area contributed by atoms with Crippen LogP contribution >= 0.6 is 38.9 Å². The zero-order valence-electron chi connectivity index (χ0n) is 15.8. The van der Waals surface area contributed by atoms with Gasteiger partial charge in [0.15, 0.2) is 0 Å². The van der Waals surface area contributed by atoms with Gasteiger partial charge in [-0.2, -0.15) is 9.71 Å². The number of aromatic nitrogens is 4. The molecule has 0 aliphatic carbocycles. The molecule has 0 saturated heterocycles. The van der Waals surface area contributed by atoms with E-state index in [1.165, 1.54) is 12.1 Å². The van der Waals surface area contributed by atoms with E-state index in [9.17, 15) is 13.2 Å². The zero-order valence-corrected chi connectivity index (χ0v) is 19.8. The molecular formula is C18H12BrClN6O4S2. The number of halogens is 2. The average Bonchev–Trinajstić information content (AvgIpc) is 3.43. The summed E-state index contributed by atoms with van der Waals surface area (Å²) in [4.78, 5) is 16.4. The number of carbonyl (C=O) groups is 1. The van der Waals surface area contributed by atoms with Crippen molar-refractivity contribution in [2.24, 2.45) is 0 Å². The lowest BCUT2D eigenvalue weighted by atomic mass is 10.2. The SMILES string of the molecule is O=C(Nc1nnc(S(=O)(=O)NCc2nc(-c3cccc(Br)c3)no2)s1)c1ccc(Cl)cc1. The summed E-state index contributed by atoms with van der Waals surface area (Å²) < 4.78 is 33.0. The summed E-state index contributed by atoms with van der Waals surface area (Å²) in [5.41, 5.74) is 1.05. The maximum atomic E-state index is 12.5. The van der Waals surface area contributed by atoms with Gasteiger partial charge >= 0.3 is 0 Å². The Morgan fingerprint density at radius 1 is 1.16 bits per heavy atom. The highest BCUT2D eigenvalue weighted by Crippen LogP contribution is 2.22. The van der Waals surface area contributed by atoms with Gasteiger partial charge in [0, 0.05) is 20.6 Å². The van der Waals surface area contributed by atoms with Gasteiger partial charge in [-0.25, -0.2) is 8.42 Å². The summed E-state index contributed by atoms with van der Waals surface area (Å²) in [6.07, 6.45) is 0. The predicted molar refractivity (Wildman–Crippen MR) is 121 cm³/mol. The molecule has 2 aromatic carbocycles. The van der Waals surface area contributed by atoms with Crippen molar-refractivity contribution in [1.29, 1.82) is 0 Å². The van der Waals surface area contributed by atoms with Crippen LogP contribution in [0.1, 0.15) is 16.2 Å². The van der Waals surface area contributed by atoms with E-state index >= 15 is 0 Å². The maximum Gasteiger partial charge on any atom is 0.270 e. The second kappa shape index (κ2) is 9.42. The molecule has 0 aliphatic heterocycles. The lowest BCUT2D eigenvalue weighted by molar-refractivity contribution is 0.102. The first-order valence-corrected chi connectivity index (χ1v) is 12.3. The summed E-state index contributed by atoms with van der Waals surface area (Å²) in [6, 6.07) is 13.5. The van der Waals surface area contributed by atoms with Crippen LogP contribution in [0.4, 0.5) is 5.13 Å². The summed E-state index contributed by atoms with van der Waals surface area (Å²) in [7, 11) is -4.01. The Balaban J connectivity index is 1.40. The third kappa shape index (κ3) is 5.37. The Labute approximate surface area is 199 Å². The molecule has 32 heavy (non-hydrogen) atoms. The zero-order chi connectivity index (χ0) is 22.7. The number of benzene rings is 2. The fraction of sp³-hybridized carbons (Fsp3) is 0.0556. The average molecular weight is 556 g/mol. The second-order valence-corrected chi connectivity index (χ2v) is 10.5. The number of hydrogen-bond donors (Lipinski definition) is 2. The van der Waals surface area contributed by atoms with Crippen molar-refractivity contribution in [2.75, 3.05) is 5.32 Å². The smallest absolute Gasteiger partial charge is 0.270 e. The Bertz CT molecular complexity index is 1370. The van der Waals surface area contributed by atoms with E-state index in [2.05, 4.69) is 46.3 Å². The van der Waals surface area contributed by atoms with Gasteiger partial charge in [0.2, 0.25) is 21.2 Å². The van der Waals surface area contributed by atoms with Crippen LogP contribution in [0, 0.1) is 0 Å². The minimum Gasteiger partial charge on any atom is -0.338 e. The third-order valence-corrected chi connectivity index (χ3v) is 7.28. The van der Waals surface area contributed by atoms with Crippen molar-refractivity contribution in [3.05, 3.63) is 69.5 Å². The van der Waals surface area contributed by atoms with Gasteiger partial charge in [-0.1, -0.05) is 56.2 Å². The molecular weight excluding hydrogens is 544 g/mol.